The van der Waals surface area contributed by atoms with Gasteiger partial charge in [0, 0.05) is 24.7 Å². The molecule has 3 N–H and O–H groups in total. The molecule has 1 aromatic rings. The normalized spacial score (nSPS) is 16.5. The van der Waals surface area contributed by atoms with Crippen molar-refractivity contribution in [3.8, 4) is 0 Å². The van der Waals surface area contributed by atoms with E-state index in [9.17, 15) is 14.4 Å². The molecule has 0 bridgehead atoms. The maximum atomic E-state index is 12.5. The van der Waals surface area contributed by atoms with E-state index >= 15 is 0 Å². The van der Waals surface area contributed by atoms with Crippen LogP contribution in [-0.2, 0) is 0 Å². The number of hydrogen-bond acceptors (Lipinski definition) is 4. The predicted molar refractivity (Wildman–Crippen MR) is 87.2 cm³/mol. The van der Waals surface area contributed by atoms with Gasteiger partial charge in [0.25, 0.3) is 17.7 Å². The smallest absolute Gasteiger partial charge is 0.261 e. The lowest BCUT2D eigenvalue weighted by Gasteiger charge is -2.31. The first-order chi connectivity index (χ1) is 10.7. The van der Waals surface area contributed by atoms with Gasteiger partial charge in [0.15, 0.2) is 0 Å². The number of nitrogens with one attached hydrogen (secondary N) is 1. The number of carbonyl (C=O) groups is 3. The second kappa shape index (κ2) is 6.12. The van der Waals surface area contributed by atoms with Crippen LogP contribution in [0.5, 0.6) is 0 Å². The Kier molecular flexibility index (Phi) is 4.56. The summed E-state index contributed by atoms with van der Waals surface area (Å²) in [6.45, 7) is 6.36. The van der Waals surface area contributed by atoms with Gasteiger partial charge < -0.3 is 11.1 Å². The molecule has 1 aliphatic rings. The number of amides is 3. The van der Waals surface area contributed by atoms with Gasteiger partial charge in [-0.05, 0) is 37.5 Å². The van der Waals surface area contributed by atoms with E-state index in [1.54, 1.807) is 6.07 Å². The highest BCUT2D eigenvalue weighted by atomic mass is 16.2. The molecule has 0 saturated heterocycles. The van der Waals surface area contributed by atoms with Crippen molar-refractivity contribution in [2.75, 3.05) is 13.6 Å². The molecule has 1 heterocycles. The predicted octanol–water partition coefficient (Wildman–Crippen LogP) is 1.41. The number of rotatable bonds is 5. The first-order valence-electron chi connectivity index (χ1n) is 7.67. The van der Waals surface area contributed by atoms with E-state index in [-0.39, 0.29) is 23.3 Å². The van der Waals surface area contributed by atoms with Gasteiger partial charge in [0.1, 0.15) is 0 Å². The third-order valence-corrected chi connectivity index (χ3v) is 4.08. The van der Waals surface area contributed by atoms with Crippen LogP contribution in [0.15, 0.2) is 18.2 Å². The Morgan fingerprint density at radius 1 is 1.26 bits per heavy atom. The highest BCUT2D eigenvalue weighted by Gasteiger charge is 2.34. The maximum absolute atomic E-state index is 12.5. The summed E-state index contributed by atoms with van der Waals surface area (Å²) in [5.74, 6) is -0.639. The largest absolute Gasteiger partial charge is 0.346 e. The summed E-state index contributed by atoms with van der Waals surface area (Å²) in [7, 11) is 1.43. The molecule has 0 saturated carbocycles. The van der Waals surface area contributed by atoms with Crippen molar-refractivity contribution in [2.24, 2.45) is 11.7 Å². The zero-order valence-electron chi connectivity index (χ0n) is 14.0. The first-order valence-corrected chi connectivity index (χ1v) is 7.67. The average Bonchev–Trinajstić information content (AvgIpc) is 2.71. The lowest BCUT2D eigenvalue weighted by atomic mass is 9.90. The molecule has 6 nitrogen and oxygen atoms in total. The summed E-state index contributed by atoms with van der Waals surface area (Å²) in [5.41, 5.74) is 6.25. The molecule has 2 rings (SSSR count). The molecule has 3 amide bonds. The minimum Gasteiger partial charge on any atom is -0.346 e. The van der Waals surface area contributed by atoms with Crippen molar-refractivity contribution >= 4 is 17.7 Å². The van der Waals surface area contributed by atoms with Crippen molar-refractivity contribution < 1.29 is 14.4 Å². The standard InChI is InChI=1S/C17H23N3O3/c1-10(2)8-17(3,9-18)19-14(21)11-5-6-12-13(7-11)16(23)20(4)15(12)22/h5-7,10H,8-9,18H2,1-4H3,(H,19,21). The Labute approximate surface area is 136 Å². The number of benzene rings is 1. The molecule has 0 aromatic heterocycles. The Balaban J connectivity index is 2.25. The molecule has 0 radical (unpaired) electrons. The van der Waals surface area contributed by atoms with Gasteiger partial charge in [-0.25, -0.2) is 0 Å². The molecule has 1 aliphatic heterocycles. The van der Waals surface area contributed by atoms with Crippen molar-refractivity contribution in [3.05, 3.63) is 34.9 Å². The van der Waals surface area contributed by atoms with Crippen LogP contribution in [0.4, 0.5) is 0 Å². The topological polar surface area (TPSA) is 92.5 Å². The average molecular weight is 317 g/mol. The fourth-order valence-corrected chi connectivity index (χ4v) is 2.94. The molecular formula is C17H23N3O3. The molecule has 0 aliphatic carbocycles. The maximum Gasteiger partial charge on any atom is 0.261 e. The van der Waals surface area contributed by atoms with Crippen LogP contribution in [0.2, 0.25) is 0 Å². The lowest BCUT2D eigenvalue weighted by molar-refractivity contribution is 0.0692. The van der Waals surface area contributed by atoms with E-state index in [1.165, 1.54) is 19.2 Å². The number of carbonyl (C=O) groups excluding carboxylic acids is 3. The summed E-state index contributed by atoms with van der Waals surface area (Å²) in [6.07, 6.45) is 0.750. The van der Waals surface area contributed by atoms with E-state index in [1.807, 2.05) is 6.92 Å². The van der Waals surface area contributed by atoms with Gasteiger partial charge in [-0.15, -0.1) is 0 Å². The van der Waals surface area contributed by atoms with Gasteiger partial charge in [-0.1, -0.05) is 13.8 Å². The van der Waals surface area contributed by atoms with Crippen molar-refractivity contribution in [1.82, 2.24) is 10.2 Å². The monoisotopic (exact) mass is 317 g/mol. The highest BCUT2D eigenvalue weighted by Crippen LogP contribution is 2.23. The van der Waals surface area contributed by atoms with Crippen LogP contribution < -0.4 is 11.1 Å². The molecule has 1 atom stereocenters. The van der Waals surface area contributed by atoms with E-state index in [0.29, 0.717) is 23.6 Å². The van der Waals surface area contributed by atoms with Crippen molar-refractivity contribution in [2.45, 2.75) is 32.7 Å². The number of fused-ring (bicyclic) bond motifs is 1. The summed E-state index contributed by atoms with van der Waals surface area (Å²) in [5, 5.41) is 2.95. The quantitative estimate of drug-likeness (QED) is 0.803. The van der Waals surface area contributed by atoms with Gasteiger partial charge in [-0.3, -0.25) is 19.3 Å². The summed E-state index contributed by atoms with van der Waals surface area (Å²) in [6, 6.07) is 4.56. The molecule has 0 fully saturated rings. The SMILES string of the molecule is CC(C)CC(C)(CN)NC(=O)c1ccc2c(c1)C(=O)N(C)C2=O. The molecule has 23 heavy (non-hydrogen) atoms. The number of hydrogen-bond donors (Lipinski definition) is 2. The summed E-state index contributed by atoms with van der Waals surface area (Å²) < 4.78 is 0. The Hall–Kier alpha value is -2.21. The van der Waals surface area contributed by atoms with E-state index < -0.39 is 5.54 Å². The van der Waals surface area contributed by atoms with Crippen molar-refractivity contribution in [1.29, 1.82) is 0 Å². The second-order valence-electron chi connectivity index (χ2n) is 6.75. The zero-order chi connectivity index (χ0) is 17.4. The molecule has 1 aromatic carbocycles. The third kappa shape index (κ3) is 3.27. The number of nitrogens with two attached hydrogens (primary N) is 1. The fourth-order valence-electron chi connectivity index (χ4n) is 2.94. The van der Waals surface area contributed by atoms with Crippen LogP contribution in [0.1, 0.15) is 58.3 Å². The van der Waals surface area contributed by atoms with Gasteiger partial charge in [-0.2, -0.15) is 0 Å². The van der Waals surface area contributed by atoms with Gasteiger partial charge in [0.05, 0.1) is 11.1 Å². The van der Waals surface area contributed by atoms with Crippen LogP contribution in [-0.4, -0.2) is 41.8 Å². The Morgan fingerprint density at radius 2 is 1.87 bits per heavy atom. The third-order valence-electron chi connectivity index (χ3n) is 4.08. The van der Waals surface area contributed by atoms with Crippen LogP contribution in [0, 0.1) is 5.92 Å². The fraction of sp³-hybridized carbons (Fsp3) is 0.471. The molecule has 124 valence electrons. The van der Waals surface area contributed by atoms with Crippen molar-refractivity contribution in [3.63, 3.8) is 0 Å². The minimum atomic E-state index is -0.513. The molecule has 0 spiro atoms. The Morgan fingerprint density at radius 3 is 2.43 bits per heavy atom. The molecular weight excluding hydrogens is 294 g/mol. The van der Waals surface area contributed by atoms with E-state index in [4.69, 9.17) is 5.73 Å². The summed E-state index contributed by atoms with van der Waals surface area (Å²) >= 11 is 0. The zero-order valence-corrected chi connectivity index (χ0v) is 14.0. The lowest BCUT2D eigenvalue weighted by Crippen LogP contribution is -2.52. The summed E-state index contributed by atoms with van der Waals surface area (Å²) in [4.78, 5) is 37.4. The number of imide groups is 1. The second-order valence-corrected chi connectivity index (χ2v) is 6.75. The molecule has 6 heteroatoms. The van der Waals surface area contributed by atoms with E-state index in [2.05, 4.69) is 19.2 Å². The first kappa shape index (κ1) is 17.1. The van der Waals surface area contributed by atoms with Crippen LogP contribution in [0.3, 0.4) is 0 Å². The van der Waals surface area contributed by atoms with Gasteiger partial charge >= 0.3 is 0 Å². The Bertz CT molecular complexity index is 669. The highest BCUT2D eigenvalue weighted by molar-refractivity contribution is 6.21. The minimum absolute atomic E-state index is 0.267. The van der Waals surface area contributed by atoms with Crippen LogP contribution in [0.25, 0.3) is 0 Å². The number of nitrogens with zero attached hydrogens (tertiary/aromatic N) is 1. The van der Waals surface area contributed by atoms with E-state index in [0.717, 1.165) is 11.3 Å². The van der Waals surface area contributed by atoms with Gasteiger partial charge in [0.2, 0.25) is 0 Å². The molecule has 1 unspecified atom stereocenters. The van der Waals surface area contributed by atoms with Crippen LogP contribution >= 0.6 is 0 Å².